The fourth-order valence-corrected chi connectivity index (χ4v) is 3.00. The molecule has 1 aliphatic heterocycles. The monoisotopic (exact) mass is 391 g/mol. The lowest BCUT2D eigenvalue weighted by Gasteiger charge is -2.32. The van der Waals surface area contributed by atoms with Crippen molar-refractivity contribution in [2.45, 2.75) is 37.8 Å². The third-order valence-electron chi connectivity index (χ3n) is 4.39. The minimum Gasteiger partial charge on any atom is -0.385 e. The fraction of sp³-hybridized carbons (Fsp3) is 0.611. The van der Waals surface area contributed by atoms with Gasteiger partial charge in [0.25, 0.3) is 0 Å². The summed E-state index contributed by atoms with van der Waals surface area (Å²) in [4.78, 5) is 14.7. The third kappa shape index (κ3) is 8.88. The summed E-state index contributed by atoms with van der Waals surface area (Å²) in [5, 5.41) is 3.11. The number of likely N-dealkylation sites (tertiary alicyclic amines) is 1. The minimum atomic E-state index is -0.475. The maximum Gasteiger partial charge on any atom is 0.237 e. The van der Waals surface area contributed by atoms with Crippen molar-refractivity contribution in [2.24, 2.45) is 5.73 Å². The van der Waals surface area contributed by atoms with Crippen LogP contribution in [0, 0.1) is 0 Å². The molecule has 1 aliphatic rings. The van der Waals surface area contributed by atoms with Gasteiger partial charge in [0.05, 0.1) is 6.04 Å². The van der Waals surface area contributed by atoms with Gasteiger partial charge in [-0.2, -0.15) is 0 Å². The Balaban J connectivity index is 0.00000288. The Morgan fingerprint density at radius 2 is 1.92 bits per heavy atom. The van der Waals surface area contributed by atoms with Crippen molar-refractivity contribution in [3.63, 3.8) is 0 Å². The van der Waals surface area contributed by atoms with Crippen LogP contribution in [0.4, 0.5) is 0 Å². The van der Waals surface area contributed by atoms with Gasteiger partial charge in [-0.25, -0.2) is 0 Å². The molecule has 1 aromatic rings. The van der Waals surface area contributed by atoms with Gasteiger partial charge in [0, 0.05) is 39.4 Å². The third-order valence-corrected chi connectivity index (χ3v) is 4.39. The first kappa shape index (κ1) is 24.1. The highest BCUT2D eigenvalue weighted by Gasteiger charge is 2.22. The lowest BCUT2D eigenvalue weighted by Crippen LogP contribution is -2.50. The standard InChI is InChI=1S/C18H29N3O2.2ClH/c1-23-13-5-10-21-11-8-16(9-12-21)20-18(22)17(19)14-15-6-3-2-4-7-15;;/h2-4,6-7,16-17H,5,8-14,19H2,1H3,(H,20,22);2*1H. The van der Waals surface area contributed by atoms with Crippen molar-refractivity contribution in [3.8, 4) is 0 Å². The van der Waals surface area contributed by atoms with Gasteiger partial charge in [0.2, 0.25) is 5.91 Å². The first-order valence-electron chi connectivity index (χ1n) is 8.50. The number of methoxy groups -OCH3 is 1. The molecule has 0 radical (unpaired) electrons. The van der Waals surface area contributed by atoms with Gasteiger partial charge >= 0.3 is 0 Å². The average molecular weight is 392 g/mol. The van der Waals surface area contributed by atoms with Crippen molar-refractivity contribution in [1.82, 2.24) is 10.2 Å². The van der Waals surface area contributed by atoms with Crippen molar-refractivity contribution in [3.05, 3.63) is 35.9 Å². The summed E-state index contributed by atoms with van der Waals surface area (Å²) in [5.41, 5.74) is 7.14. The number of amides is 1. The zero-order valence-corrected chi connectivity index (χ0v) is 16.5. The molecule has 5 nitrogen and oxygen atoms in total. The number of carbonyl (C=O) groups is 1. The number of ether oxygens (including phenoxy) is 1. The number of halogens is 2. The molecule has 25 heavy (non-hydrogen) atoms. The van der Waals surface area contributed by atoms with Gasteiger partial charge in [0.1, 0.15) is 0 Å². The van der Waals surface area contributed by atoms with Gasteiger partial charge in [-0.3, -0.25) is 4.79 Å². The highest BCUT2D eigenvalue weighted by Crippen LogP contribution is 2.11. The molecular weight excluding hydrogens is 361 g/mol. The second-order valence-corrected chi connectivity index (χ2v) is 6.27. The molecule has 1 saturated heterocycles. The van der Waals surface area contributed by atoms with Crippen molar-refractivity contribution < 1.29 is 9.53 Å². The van der Waals surface area contributed by atoms with E-state index in [-0.39, 0.29) is 36.8 Å². The largest absolute Gasteiger partial charge is 0.385 e. The summed E-state index contributed by atoms with van der Waals surface area (Å²) < 4.78 is 5.08. The molecule has 1 fully saturated rings. The Morgan fingerprint density at radius 3 is 2.52 bits per heavy atom. The lowest BCUT2D eigenvalue weighted by molar-refractivity contribution is -0.123. The molecular formula is C18H31Cl2N3O2. The summed E-state index contributed by atoms with van der Waals surface area (Å²) in [6, 6.07) is 9.70. The van der Waals surface area contributed by atoms with Crippen LogP contribution in [0.3, 0.4) is 0 Å². The van der Waals surface area contributed by atoms with E-state index in [1.165, 1.54) is 0 Å². The summed E-state index contributed by atoms with van der Waals surface area (Å²) in [5.74, 6) is -0.0355. The van der Waals surface area contributed by atoms with Crippen molar-refractivity contribution in [1.29, 1.82) is 0 Å². The number of carbonyl (C=O) groups excluding carboxylic acids is 1. The van der Waals surface area contributed by atoms with E-state index < -0.39 is 6.04 Å². The molecule has 0 spiro atoms. The van der Waals surface area contributed by atoms with Gasteiger partial charge in [0.15, 0.2) is 0 Å². The molecule has 1 amide bonds. The maximum atomic E-state index is 12.2. The number of piperidine rings is 1. The second-order valence-electron chi connectivity index (χ2n) is 6.27. The number of benzene rings is 1. The number of nitrogens with zero attached hydrogens (tertiary/aromatic N) is 1. The topological polar surface area (TPSA) is 67.6 Å². The van der Waals surface area contributed by atoms with Crippen molar-refractivity contribution >= 4 is 30.7 Å². The number of hydrogen-bond acceptors (Lipinski definition) is 4. The summed E-state index contributed by atoms with van der Waals surface area (Å²) in [7, 11) is 1.74. The summed E-state index contributed by atoms with van der Waals surface area (Å²) in [6.07, 6.45) is 3.64. The Hall–Kier alpha value is -0.850. The molecule has 144 valence electrons. The molecule has 1 unspecified atom stereocenters. The molecule has 0 saturated carbocycles. The van der Waals surface area contributed by atoms with E-state index in [0.717, 1.165) is 51.1 Å². The highest BCUT2D eigenvalue weighted by molar-refractivity contribution is 5.85. The van der Waals surface area contributed by atoms with E-state index in [1.807, 2.05) is 30.3 Å². The number of nitrogens with two attached hydrogens (primary N) is 1. The van der Waals surface area contributed by atoms with E-state index in [2.05, 4.69) is 10.2 Å². The zero-order valence-electron chi connectivity index (χ0n) is 14.9. The predicted octanol–water partition coefficient (Wildman–Crippen LogP) is 2.02. The first-order valence-corrected chi connectivity index (χ1v) is 8.50. The molecule has 7 heteroatoms. The normalized spacial score (nSPS) is 16.4. The molecule has 1 atom stereocenters. The van der Waals surface area contributed by atoms with Crippen LogP contribution in [0.15, 0.2) is 30.3 Å². The van der Waals surface area contributed by atoms with Crippen molar-refractivity contribution in [2.75, 3.05) is 33.4 Å². The van der Waals surface area contributed by atoms with Crippen LogP contribution in [0.2, 0.25) is 0 Å². The fourth-order valence-electron chi connectivity index (χ4n) is 3.00. The van der Waals surface area contributed by atoms with Gasteiger partial charge in [-0.15, -0.1) is 24.8 Å². The van der Waals surface area contributed by atoms with Crippen LogP contribution in [0.25, 0.3) is 0 Å². The van der Waals surface area contributed by atoms with E-state index in [4.69, 9.17) is 10.5 Å². The Labute approximate surface area is 163 Å². The predicted molar refractivity (Wildman–Crippen MR) is 107 cm³/mol. The summed E-state index contributed by atoms with van der Waals surface area (Å²) >= 11 is 0. The van der Waals surface area contributed by atoms with Crippen LogP contribution in [0.1, 0.15) is 24.8 Å². The molecule has 0 aromatic heterocycles. The molecule has 1 aromatic carbocycles. The van der Waals surface area contributed by atoms with E-state index in [0.29, 0.717) is 6.42 Å². The molecule has 2 rings (SSSR count). The van der Waals surface area contributed by atoms with Gasteiger partial charge in [-0.05, 0) is 31.2 Å². The highest BCUT2D eigenvalue weighted by atomic mass is 35.5. The van der Waals surface area contributed by atoms with Crippen LogP contribution in [-0.2, 0) is 16.0 Å². The molecule has 0 bridgehead atoms. The van der Waals surface area contributed by atoms with Gasteiger partial charge < -0.3 is 20.7 Å². The summed E-state index contributed by atoms with van der Waals surface area (Å²) in [6.45, 7) is 3.94. The first-order chi connectivity index (χ1) is 11.2. The maximum absolute atomic E-state index is 12.2. The Bertz CT molecular complexity index is 469. The average Bonchev–Trinajstić information content (AvgIpc) is 2.57. The zero-order chi connectivity index (χ0) is 16.5. The number of nitrogens with one attached hydrogen (secondary N) is 1. The van der Waals surface area contributed by atoms with Crippen LogP contribution in [0.5, 0.6) is 0 Å². The molecule has 1 heterocycles. The quantitative estimate of drug-likeness (QED) is 0.665. The van der Waals surface area contributed by atoms with Crippen LogP contribution >= 0.6 is 24.8 Å². The van der Waals surface area contributed by atoms with E-state index in [9.17, 15) is 4.79 Å². The lowest BCUT2D eigenvalue weighted by atomic mass is 10.0. The molecule has 3 N–H and O–H groups in total. The van der Waals surface area contributed by atoms with Crippen LogP contribution in [-0.4, -0.2) is 56.2 Å². The smallest absolute Gasteiger partial charge is 0.237 e. The SMILES string of the molecule is COCCCN1CCC(NC(=O)C(N)Cc2ccccc2)CC1.Cl.Cl. The molecule has 0 aliphatic carbocycles. The van der Waals surface area contributed by atoms with Crippen LogP contribution < -0.4 is 11.1 Å². The second kappa shape index (κ2) is 13.4. The number of rotatable bonds is 8. The van der Waals surface area contributed by atoms with Gasteiger partial charge in [-0.1, -0.05) is 30.3 Å². The Morgan fingerprint density at radius 1 is 1.28 bits per heavy atom. The van der Waals surface area contributed by atoms with E-state index in [1.54, 1.807) is 7.11 Å². The van der Waals surface area contributed by atoms with E-state index >= 15 is 0 Å². The number of hydrogen-bond donors (Lipinski definition) is 2. The minimum absolute atomic E-state index is 0. The Kier molecular flexibility index (Phi) is 12.9.